The van der Waals surface area contributed by atoms with Crippen LogP contribution >= 0.6 is 11.6 Å². The number of nitrogens with zero attached hydrogens (tertiary/aromatic N) is 3. The van der Waals surface area contributed by atoms with Gasteiger partial charge in [-0.05, 0) is 31.9 Å². The summed E-state index contributed by atoms with van der Waals surface area (Å²) in [7, 11) is 0. The van der Waals surface area contributed by atoms with E-state index in [0.717, 1.165) is 52.9 Å². The van der Waals surface area contributed by atoms with Gasteiger partial charge in [0, 0.05) is 30.5 Å². The van der Waals surface area contributed by atoms with Crippen LogP contribution in [0.3, 0.4) is 0 Å². The van der Waals surface area contributed by atoms with E-state index in [1.54, 1.807) is 0 Å². The van der Waals surface area contributed by atoms with Gasteiger partial charge in [-0.1, -0.05) is 6.92 Å². The van der Waals surface area contributed by atoms with Crippen molar-refractivity contribution in [3.05, 3.63) is 24.0 Å². The lowest BCUT2D eigenvalue weighted by molar-refractivity contribution is 0.126. The van der Waals surface area contributed by atoms with E-state index in [-0.39, 0.29) is 0 Å². The molecule has 0 spiro atoms. The molecule has 6 nitrogen and oxygen atoms in total. The fraction of sp³-hybridized carbons (Fsp3) is 0.474. The number of alkyl halides is 1. The van der Waals surface area contributed by atoms with Gasteiger partial charge in [0.15, 0.2) is 5.82 Å². The van der Waals surface area contributed by atoms with E-state index in [2.05, 4.69) is 16.5 Å². The number of aromatic nitrogens is 3. The minimum absolute atomic E-state index is 0.429. The normalized spacial score (nSPS) is 11.5. The monoisotopic (exact) mass is 376 g/mol. The third-order valence-corrected chi connectivity index (χ3v) is 4.45. The molecule has 2 aromatic heterocycles. The summed E-state index contributed by atoms with van der Waals surface area (Å²) in [4.78, 5) is 9.25. The molecule has 2 heterocycles. The van der Waals surface area contributed by atoms with Crippen LogP contribution in [0.5, 0.6) is 5.75 Å². The number of anilines is 1. The van der Waals surface area contributed by atoms with Crippen molar-refractivity contribution in [3.63, 3.8) is 0 Å². The Kier molecular flexibility index (Phi) is 6.16. The highest BCUT2D eigenvalue weighted by atomic mass is 35.5. The van der Waals surface area contributed by atoms with Gasteiger partial charge >= 0.3 is 0 Å². The average Bonchev–Trinajstić information content (AvgIpc) is 3.00. The van der Waals surface area contributed by atoms with Crippen molar-refractivity contribution in [3.8, 4) is 5.75 Å². The number of aryl methyl sites for hydroxylation is 1. The Balaban J connectivity index is 2.12. The van der Waals surface area contributed by atoms with Crippen LogP contribution in [0.2, 0.25) is 0 Å². The van der Waals surface area contributed by atoms with Crippen molar-refractivity contribution < 1.29 is 9.47 Å². The predicted octanol–water partition coefficient (Wildman–Crippen LogP) is 4.12. The first-order valence-electron chi connectivity index (χ1n) is 9.04. The van der Waals surface area contributed by atoms with Gasteiger partial charge in [-0.25, -0.2) is 9.97 Å². The Morgan fingerprint density at radius 2 is 2.08 bits per heavy atom. The number of ether oxygens (including phenoxy) is 2. The van der Waals surface area contributed by atoms with Crippen LogP contribution in [-0.4, -0.2) is 33.6 Å². The summed E-state index contributed by atoms with van der Waals surface area (Å²) in [5, 5.41) is 1.02. The van der Waals surface area contributed by atoms with Crippen molar-refractivity contribution in [2.75, 3.05) is 24.8 Å². The van der Waals surface area contributed by atoms with Gasteiger partial charge in [-0.3, -0.25) is 0 Å². The summed E-state index contributed by atoms with van der Waals surface area (Å²) in [6.45, 7) is 6.67. The zero-order valence-electron chi connectivity index (χ0n) is 15.3. The molecule has 0 unspecified atom stereocenters. The van der Waals surface area contributed by atoms with Crippen molar-refractivity contribution in [2.45, 2.75) is 39.8 Å². The highest BCUT2D eigenvalue weighted by Crippen LogP contribution is 2.31. The summed E-state index contributed by atoms with van der Waals surface area (Å²) in [5.74, 6) is 2.66. The largest absolute Gasteiger partial charge is 0.493 e. The molecule has 2 N–H and O–H groups in total. The fourth-order valence-electron chi connectivity index (χ4n) is 3.04. The maximum absolute atomic E-state index is 6.22. The van der Waals surface area contributed by atoms with Gasteiger partial charge in [0.2, 0.25) is 0 Å². The topological polar surface area (TPSA) is 75.2 Å². The van der Waals surface area contributed by atoms with Gasteiger partial charge in [-0.2, -0.15) is 0 Å². The zero-order valence-corrected chi connectivity index (χ0v) is 16.1. The number of fused-ring (bicyclic) bond motifs is 3. The number of halogens is 1. The van der Waals surface area contributed by atoms with E-state index >= 15 is 0 Å². The summed E-state index contributed by atoms with van der Waals surface area (Å²) in [5.41, 5.74) is 8.76. The fourth-order valence-corrected chi connectivity index (χ4v) is 3.15. The number of hydrogen-bond acceptors (Lipinski definition) is 5. The van der Waals surface area contributed by atoms with Crippen molar-refractivity contribution >= 4 is 39.4 Å². The quantitative estimate of drug-likeness (QED) is 0.449. The van der Waals surface area contributed by atoms with E-state index in [1.807, 2.05) is 25.1 Å². The molecular formula is C19H25ClN4O2. The molecule has 0 fully saturated rings. The highest BCUT2D eigenvalue weighted by Gasteiger charge is 2.17. The summed E-state index contributed by atoms with van der Waals surface area (Å²) in [6.07, 6.45) is 1.80. The third-order valence-electron chi connectivity index (χ3n) is 4.18. The number of nitrogen functional groups attached to an aromatic ring is 1. The van der Waals surface area contributed by atoms with Crippen LogP contribution in [0.1, 0.15) is 32.5 Å². The third kappa shape index (κ3) is 3.71. The molecule has 0 saturated heterocycles. The maximum Gasteiger partial charge on any atom is 0.152 e. The number of rotatable bonds is 9. The second kappa shape index (κ2) is 8.56. The van der Waals surface area contributed by atoms with Crippen LogP contribution < -0.4 is 10.5 Å². The predicted molar refractivity (Wildman–Crippen MR) is 106 cm³/mol. The molecule has 0 aliphatic heterocycles. The Morgan fingerprint density at radius 1 is 1.23 bits per heavy atom. The Labute approximate surface area is 158 Å². The zero-order chi connectivity index (χ0) is 18.5. The summed E-state index contributed by atoms with van der Waals surface area (Å²) < 4.78 is 13.5. The molecule has 0 amide bonds. The van der Waals surface area contributed by atoms with E-state index < -0.39 is 0 Å². The second-order valence-electron chi connectivity index (χ2n) is 6.08. The number of imidazole rings is 1. The lowest BCUT2D eigenvalue weighted by Crippen LogP contribution is -2.06. The maximum atomic E-state index is 6.22. The van der Waals surface area contributed by atoms with Crippen molar-refractivity contribution in [2.24, 2.45) is 0 Å². The second-order valence-corrected chi connectivity index (χ2v) is 6.46. The molecule has 26 heavy (non-hydrogen) atoms. The number of hydrogen-bond donors (Lipinski definition) is 1. The van der Waals surface area contributed by atoms with Crippen LogP contribution in [-0.2, 0) is 17.9 Å². The first-order valence-corrected chi connectivity index (χ1v) is 9.57. The molecule has 0 radical (unpaired) electrons. The molecule has 7 heteroatoms. The lowest BCUT2D eigenvalue weighted by atomic mass is 10.1. The van der Waals surface area contributed by atoms with Gasteiger partial charge < -0.3 is 19.8 Å². The molecule has 0 aliphatic carbocycles. The molecule has 0 bridgehead atoms. The van der Waals surface area contributed by atoms with Crippen molar-refractivity contribution in [1.82, 2.24) is 14.5 Å². The summed E-state index contributed by atoms with van der Waals surface area (Å²) >= 11 is 5.71. The van der Waals surface area contributed by atoms with Crippen molar-refractivity contribution in [1.29, 1.82) is 0 Å². The van der Waals surface area contributed by atoms with E-state index in [0.29, 0.717) is 31.5 Å². The smallest absolute Gasteiger partial charge is 0.152 e. The average molecular weight is 377 g/mol. The first-order chi connectivity index (χ1) is 12.7. The van der Waals surface area contributed by atoms with Crippen LogP contribution in [0, 0.1) is 0 Å². The van der Waals surface area contributed by atoms with E-state index in [9.17, 15) is 0 Å². The molecular weight excluding hydrogens is 352 g/mol. The molecule has 0 saturated carbocycles. The number of benzene rings is 1. The standard InChI is InChI=1S/C19H25ClN4O2/c1-3-9-24-16(12-25-4-2)23-17-18(24)14-7-6-13(26-10-5-8-20)11-15(14)22-19(17)21/h6-7,11H,3-5,8-10,12H2,1-2H3,(H2,21,22). The van der Waals surface area contributed by atoms with E-state index in [1.165, 1.54) is 0 Å². The molecule has 3 aromatic rings. The first kappa shape index (κ1) is 18.7. The molecule has 3 rings (SSSR count). The van der Waals surface area contributed by atoms with Crippen LogP contribution in [0.4, 0.5) is 5.82 Å². The van der Waals surface area contributed by atoms with Gasteiger partial charge in [-0.15, -0.1) is 11.6 Å². The Hall–Kier alpha value is -2.05. The van der Waals surface area contributed by atoms with Gasteiger partial charge in [0.1, 0.15) is 23.7 Å². The molecule has 0 aliphatic rings. The molecule has 140 valence electrons. The van der Waals surface area contributed by atoms with E-state index in [4.69, 9.17) is 31.8 Å². The Bertz CT molecular complexity index is 894. The van der Waals surface area contributed by atoms with Gasteiger partial charge in [0.25, 0.3) is 0 Å². The lowest BCUT2D eigenvalue weighted by Gasteiger charge is -2.11. The summed E-state index contributed by atoms with van der Waals surface area (Å²) in [6, 6.07) is 5.91. The SMILES string of the molecule is CCCn1c(COCC)nc2c(N)nc3cc(OCCCCl)ccc3c21. The van der Waals surface area contributed by atoms with Gasteiger partial charge in [0.05, 0.1) is 17.6 Å². The minimum atomic E-state index is 0.429. The minimum Gasteiger partial charge on any atom is -0.493 e. The molecule has 1 aromatic carbocycles. The number of pyridine rings is 1. The molecule has 0 atom stereocenters. The van der Waals surface area contributed by atoms with Crippen LogP contribution in [0.15, 0.2) is 18.2 Å². The Morgan fingerprint density at radius 3 is 2.81 bits per heavy atom. The highest BCUT2D eigenvalue weighted by molar-refractivity contribution is 6.17. The van der Waals surface area contributed by atoms with Crippen LogP contribution in [0.25, 0.3) is 21.9 Å². The number of nitrogens with two attached hydrogens (primary N) is 1.